The van der Waals surface area contributed by atoms with E-state index in [0.29, 0.717) is 12.8 Å². The molecule has 0 spiro atoms. The van der Waals surface area contributed by atoms with E-state index < -0.39 is 36.8 Å². The Hall–Kier alpha value is 3.48. The van der Waals surface area contributed by atoms with Crippen LogP contribution in [0.4, 0.5) is 0 Å². The molecule has 0 aromatic heterocycles. The largest absolute Gasteiger partial charge is 0.189 e. The van der Waals surface area contributed by atoms with E-state index in [9.17, 15) is 0 Å². The van der Waals surface area contributed by atoms with Gasteiger partial charge in [-0.25, -0.2) is 0 Å². The Bertz CT molecular complexity index is 543. The van der Waals surface area contributed by atoms with Crippen molar-refractivity contribution in [3.05, 3.63) is 0 Å². The minimum Gasteiger partial charge on any atom is -0.0975 e. The average molecular weight is 608 g/mol. The number of hydrogen-bond donors (Lipinski definition) is 0. The van der Waals surface area contributed by atoms with Gasteiger partial charge in [0.2, 0.25) is 0 Å². The van der Waals surface area contributed by atoms with Crippen LogP contribution in [0.3, 0.4) is 0 Å². The zero-order valence-corrected chi connectivity index (χ0v) is 22.4. The molecule has 0 aromatic carbocycles. The number of rotatable bonds is 0. The molecular weight excluding hydrogens is 594 g/mol. The van der Waals surface area contributed by atoms with Crippen LogP contribution in [0.25, 0.3) is 0 Å². The highest BCUT2D eigenvalue weighted by Crippen LogP contribution is 2.80. The van der Waals surface area contributed by atoms with Gasteiger partial charge in [0.15, 0.2) is 26.0 Å². The normalized spacial score (nSPS) is 42.2. The van der Waals surface area contributed by atoms with Gasteiger partial charge in [-0.2, -0.15) is 0 Å². The van der Waals surface area contributed by atoms with Crippen molar-refractivity contribution in [3.8, 4) is 0 Å². The van der Waals surface area contributed by atoms with Gasteiger partial charge in [0.25, 0.3) is 0 Å². The van der Waals surface area contributed by atoms with E-state index in [4.69, 9.17) is 139 Å². The van der Waals surface area contributed by atoms with E-state index in [-0.39, 0.29) is 0 Å². The Kier molecular flexibility index (Phi) is 6.92. The molecule has 2 fully saturated rings. The molecule has 2 atom stereocenters. The first kappa shape index (κ1) is 25.7. The van der Waals surface area contributed by atoms with Gasteiger partial charge in [-0.3, -0.25) is 0 Å². The second kappa shape index (κ2) is 6.99. The summed E-state index contributed by atoms with van der Waals surface area (Å²) in [6, 6.07) is 0. The van der Waals surface area contributed by atoms with Crippen molar-refractivity contribution in [1.82, 2.24) is 0 Å². The fourth-order valence-electron chi connectivity index (χ4n) is 4.00. The lowest BCUT2D eigenvalue weighted by atomic mass is 9.52. The van der Waals surface area contributed by atoms with Crippen LogP contribution < -0.4 is 0 Å². The second-order valence-corrected chi connectivity index (χ2v) is 15.3. The Balaban J connectivity index is 3.00. The topological polar surface area (TPSA) is 0 Å². The lowest BCUT2D eigenvalue weighted by Crippen LogP contribution is -2.77. The third-order valence-electron chi connectivity index (χ3n) is 6.18. The van der Waals surface area contributed by atoms with Crippen molar-refractivity contribution < 1.29 is 0 Å². The summed E-state index contributed by atoms with van der Waals surface area (Å²) < 4.78 is -13.6. The molecule has 2 aliphatic rings. The third-order valence-corrected chi connectivity index (χ3v) is 15.5. The van der Waals surface area contributed by atoms with Crippen LogP contribution in [0, 0.1) is 10.8 Å². The number of hydrogen-bond acceptors (Lipinski definition) is 0. The molecule has 0 nitrogen and oxygen atoms in total. The lowest BCUT2D eigenvalue weighted by molar-refractivity contribution is -0.0320. The van der Waals surface area contributed by atoms with Crippen molar-refractivity contribution in [1.29, 1.82) is 0 Å². The third kappa shape index (κ3) is 2.70. The molecule has 0 heterocycles. The standard InChI is InChI=1S/C14H14Cl12/c1-7-5-3-4-6-8(7,2)10(17,18)12(21,22)14(25,26)13(23,24)11(19,20)9(7,15)16/h3-6H2,1-2H3. The predicted octanol–water partition coefficient (Wildman–Crippen LogP) is 9.63. The zero-order chi connectivity index (χ0) is 20.8. The molecule has 154 valence electrons. The molecule has 12 heteroatoms. The van der Waals surface area contributed by atoms with Gasteiger partial charge in [-0.15, -0.1) is 0 Å². The zero-order valence-electron chi connectivity index (χ0n) is 13.4. The van der Waals surface area contributed by atoms with Crippen molar-refractivity contribution in [2.75, 3.05) is 0 Å². The van der Waals surface area contributed by atoms with Crippen LogP contribution in [0.2, 0.25) is 0 Å². The van der Waals surface area contributed by atoms with Crippen molar-refractivity contribution in [2.45, 2.75) is 65.5 Å². The Morgan fingerprint density at radius 2 is 0.577 bits per heavy atom. The maximum Gasteiger partial charge on any atom is 0.189 e. The highest BCUT2D eigenvalue weighted by Gasteiger charge is 2.86. The summed E-state index contributed by atoms with van der Waals surface area (Å²) in [4.78, 5) is 0. The first-order chi connectivity index (χ1) is 11.2. The van der Waals surface area contributed by atoms with E-state index in [2.05, 4.69) is 0 Å². The van der Waals surface area contributed by atoms with Gasteiger partial charge >= 0.3 is 0 Å². The highest BCUT2D eigenvalue weighted by atomic mass is 35.6. The van der Waals surface area contributed by atoms with Gasteiger partial charge in [0.05, 0.1) is 0 Å². The fraction of sp³-hybridized carbons (Fsp3) is 1.00. The maximum absolute atomic E-state index is 6.79. The molecule has 26 heavy (non-hydrogen) atoms. The van der Waals surface area contributed by atoms with Gasteiger partial charge in [0.1, 0.15) is 0 Å². The monoisotopic (exact) mass is 602 g/mol. The molecule has 0 radical (unpaired) electrons. The van der Waals surface area contributed by atoms with E-state index in [0.717, 1.165) is 12.8 Å². The Morgan fingerprint density at radius 1 is 0.385 bits per heavy atom. The fourth-order valence-corrected chi connectivity index (χ4v) is 9.09. The van der Waals surface area contributed by atoms with Crippen LogP contribution in [-0.4, -0.2) is 26.0 Å². The van der Waals surface area contributed by atoms with E-state index in [1.807, 2.05) is 0 Å². The van der Waals surface area contributed by atoms with Crippen molar-refractivity contribution in [2.24, 2.45) is 10.8 Å². The van der Waals surface area contributed by atoms with Crippen LogP contribution in [-0.2, 0) is 0 Å². The average Bonchev–Trinajstić information content (AvgIpc) is 2.48. The van der Waals surface area contributed by atoms with Crippen LogP contribution in [0.5, 0.6) is 0 Å². The quantitative estimate of drug-likeness (QED) is 0.241. The SMILES string of the molecule is CC12CCCCC1(C)C(Cl)(Cl)C(Cl)(Cl)C(Cl)(Cl)C(Cl)(Cl)C(Cl)(Cl)C2(Cl)Cl. The summed E-state index contributed by atoms with van der Waals surface area (Å²) in [7, 11) is 0. The molecule has 0 N–H and O–H groups in total. The van der Waals surface area contributed by atoms with Crippen LogP contribution in [0.15, 0.2) is 0 Å². The molecule has 0 aliphatic heterocycles. The second-order valence-electron chi connectivity index (χ2n) is 7.32. The summed E-state index contributed by atoms with van der Waals surface area (Å²) in [5.41, 5.74) is -2.24. The molecule has 2 unspecified atom stereocenters. The predicted molar refractivity (Wildman–Crippen MR) is 121 cm³/mol. The van der Waals surface area contributed by atoms with Gasteiger partial charge < -0.3 is 0 Å². The first-order valence-electron chi connectivity index (χ1n) is 7.47. The van der Waals surface area contributed by atoms with Crippen molar-refractivity contribution >= 4 is 139 Å². The highest BCUT2D eigenvalue weighted by molar-refractivity contribution is 6.78. The summed E-state index contributed by atoms with van der Waals surface area (Å²) in [6.45, 7) is 3.49. The smallest absolute Gasteiger partial charge is 0.0975 e. The summed E-state index contributed by atoms with van der Waals surface area (Å²) in [5.74, 6) is 0. The van der Waals surface area contributed by atoms with Crippen LogP contribution in [0.1, 0.15) is 39.5 Å². The summed E-state index contributed by atoms with van der Waals surface area (Å²) >= 11 is 79.3. The maximum atomic E-state index is 6.79. The van der Waals surface area contributed by atoms with Crippen molar-refractivity contribution in [3.63, 3.8) is 0 Å². The summed E-state index contributed by atoms with van der Waals surface area (Å²) in [6.07, 6.45) is 2.40. The molecule has 2 saturated carbocycles. The molecule has 2 rings (SSSR count). The van der Waals surface area contributed by atoms with Crippen LogP contribution >= 0.6 is 139 Å². The van der Waals surface area contributed by atoms with E-state index in [1.54, 1.807) is 13.8 Å². The molecule has 0 amide bonds. The summed E-state index contributed by atoms with van der Waals surface area (Å²) in [5, 5.41) is 0. The van der Waals surface area contributed by atoms with E-state index >= 15 is 0 Å². The Labute approximate surface area is 213 Å². The molecule has 2 aliphatic carbocycles. The molecular formula is C14H14Cl12. The van der Waals surface area contributed by atoms with E-state index in [1.165, 1.54) is 0 Å². The van der Waals surface area contributed by atoms with Gasteiger partial charge in [-0.1, -0.05) is 166 Å². The lowest BCUT2D eigenvalue weighted by Gasteiger charge is -2.68. The Morgan fingerprint density at radius 3 is 0.808 bits per heavy atom. The molecule has 0 aromatic rings. The molecule has 0 saturated heterocycles. The minimum absolute atomic E-state index is 0.449. The number of halogens is 12. The number of fused-ring (bicyclic) bond motifs is 1. The minimum atomic E-state index is -2.48. The van der Waals surface area contributed by atoms with Gasteiger partial charge in [-0.05, 0) is 12.8 Å². The number of alkyl halides is 12. The van der Waals surface area contributed by atoms with Gasteiger partial charge in [0, 0.05) is 10.8 Å². The first-order valence-corrected chi connectivity index (χ1v) is 12.0. The molecule has 0 bridgehead atoms.